The molecule has 0 bridgehead atoms. The maximum Gasteiger partial charge on any atom is 0.488 e. The molecule has 0 aliphatic carbocycles. The molecule has 0 saturated carbocycles. The summed E-state index contributed by atoms with van der Waals surface area (Å²) in [6.45, 7) is 7.84. The van der Waals surface area contributed by atoms with E-state index in [9.17, 15) is 0 Å². The van der Waals surface area contributed by atoms with E-state index < -0.39 is 7.12 Å². The number of hydrogen-bond donors (Lipinski definition) is 2. The lowest BCUT2D eigenvalue weighted by Gasteiger charge is -2.19. The standard InChI is InChI=1S/C13H20BNO2/c1-13(2)7-8-15(10-13)9-11-3-5-12(6-4-11)14(16)17/h3-6,16-17H,7-10H2,1-2H3. The van der Waals surface area contributed by atoms with Crippen LogP contribution in [0.25, 0.3) is 0 Å². The second-order valence-corrected chi connectivity index (χ2v) is 5.74. The molecule has 1 saturated heterocycles. The molecule has 2 rings (SSSR count). The SMILES string of the molecule is CC1(C)CCN(Cc2ccc(B(O)O)cc2)C1. The third kappa shape index (κ3) is 3.31. The largest absolute Gasteiger partial charge is 0.488 e. The Morgan fingerprint density at radius 3 is 2.35 bits per heavy atom. The van der Waals surface area contributed by atoms with Crippen LogP contribution >= 0.6 is 0 Å². The zero-order chi connectivity index (χ0) is 12.5. The van der Waals surface area contributed by atoms with Crippen molar-refractivity contribution in [2.24, 2.45) is 5.41 Å². The van der Waals surface area contributed by atoms with E-state index in [1.807, 2.05) is 12.1 Å². The van der Waals surface area contributed by atoms with Crippen LogP contribution in [0, 0.1) is 5.41 Å². The molecular weight excluding hydrogens is 213 g/mol. The minimum absolute atomic E-state index is 0.432. The lowest BCUT2D eigenvalue weighted by Crippen LogP contribution is -2.29. The van der Waals surface area contributed by atoms with Gasteiger partial charge in [0.05, 0.1) is 0 Å². The van der Waals surface area contributed by atoms with Gasteiger partial charge in [-0.05, 0) is 29.4 Å². The van der Waals surface area contributed by atoms with Crippen LogP contribution in [0.1, 0.15) is 25.8 Å². The van der Waals surface area contributed by atoms with Crippen LogP contribution in [0.5, 0.6) is 0 Å². The lowest BCUT2D eigenvalue weighted by atomic mass is 9.80. The van der Waals surface area contributed by atoms with Crippen molar-refractivity contribution in [3.63, 3.8) is 0 Å². The highest BCUT2D eigenvalue weighted by Crippen LogP contribution is 2.29. The van der Waals surface area contributed by atoms with Crippen molar-refractivity contribution in [1.82, 2.24) is 4.90 Å². The van der Waals surface area contributed by atoms with E-state index in [4.69, 9.17) is 10.0 Å². The molecule has 4 heteroatoms. The van der Waals surface area contributed by atoms with Crippen molar-refractivity contribution in [3.8, 4) is 0 Å². The molecule has 0 amide bonds. The van der Waals surface area contributed by atoms with E-state index >= 15 is 0 Å². The number of benzene rings is 1. The lowest BCUT2D eigenvalue weighted by molar-refractivity contribution is 0.284. The summed E-state index contributed by atoms with van der Waals surface area (Å²) in [5.74, 6) is 0. The normalized spacial score (nSPS) is 19.5. The summed E-state index contributed by atoms with van der Waals surface area (Å²) in [4.78, 5) is 2.45. The zero-order valence-corrected chi connectivity index (χ0v) is 10.6. The molecule has 92 valence electrons. The van der Waals surface area contributed by atoms with Crippen molar-refractivity contribution in [3.05, 3.63) is 29.8 Å². The van der Waals surface area contributed by atoms with Gasteiger partial charge in [-0.1, -0.05) is 38.1 Å². The number of likely N-dealkylation sites (tertiary alicyclic amines) is 1. The number of hydrogen-bond acceptors (Lipinski definition) is 3. The Hall–Kier alpha value is -0.835. The second kappa shape index (κ2) is 4.80. The van der Waals surface area contributed by atoms with Gasteiger partial charge in [0, 0.05) is 13.1 Å². The molecule has 1 aromatic rings. The fourth-order valence-electron chi connectivity index (χ4n) is 2.41. The Labute approximate surface area is 103 Å². The molecule has 1 aromatic carbocycles. The van der Waals surface area contributed by atoms with E-state index in [1.165, 1.54) is 12.0 Å². The fraction of sp³-hybridized carbons (Fsp3) is 0.538. The third-order valence-corrected chi connectivity index (χ3v) is 3.44. The quantitative estimate of drug-likeness (QED) is 0.751. The summed E-state index contributed by atoms with van der Waals surface area (Å²) >= 11 is 0. The molecule has 3 nitrogen and oxygen atoms in total. The van der Waals surface area contributed by atoms with Crippen molar-refractivity contribution in [2.45, 2.75) is 26.8 Å². The molecule has 0 radical (unpaired) electrons. The maximum absolute atomic E-state index is 9.01. The summed E-state index contributed by atoms with van der Waals surface area (Å²) in [6, 6.07) is 7.50. The third-order valence-electron chi connectivity index (χ3n) is 3.44. The smallest absolute Gasteiger partial charge is 0.423 e. The van der Waals surface area contributed by atoms with Gasteiger partial charge in [-0.15, -0.1) is 0 Å². The van der Waals surface area contributed by atoms with Gasteiger partial charge in [0.1, 0.15) is 0 Å². The van der Waals surface area contributed by atoms with Gasteiger partial charge in [-0.25, -0.2) is 0 Å². The average molecular weight is 233 g/mol. The minimum atomic E-state index is -1.37. The molecule has 0 unspecified atom stereocenters. The topological polar surface area (TPSA) is 43.7 Å². The van der Waals surface area contributed by atoms with Gasteiger partial charge < -0.3 is 10.0 Å². The van der Waals surface area contributed by atoms with Crippen molar-refractivity contribution < 1.29 is 10.0 Å². The first-order chi connectivity index (χ1) is 7.96. The van der Waals surface area contributed by atoms with Crippen LogP contribution in [-0.2, 0) is 6.54 Å². The van der Waals surface area contributed by atoms with Crippen molar-refractivity contribution >= 4 is 12.6 Å². The Kier molecular flexibility index (Phi) is 3.57. The van der Waals surface area contributed by atoms with Crippen molar-refractivity contribution in [2.75, 3.05) is 13.1 Å². The first kappa shape index (κ1) is 12.6. The fourth-order valence-corrected chi connectivity index (χ4v) is 2.41. The van der Waals surface area contributed by atoms with E-state index in [0.29, 0.717) is 10.9 Å². The van der Waals surface area contributed by atoms with Gasteiger partial charge in [0.25, 0.3) is 0 Å². The molecule has 1 fully saturated rings. The maximum atomic E-state index is 9.01. The van der Waals surface area contributed by atoms with Crippen LogP contribution in [0.15, 0.2) is 24.3 Å². The molecular formula is C13H20BNO2. The van der Waals surface area contributed by atoms with E-state index in [2.05, 4.69) is 18.7 Å². The molecule has 1 aliphatic rings. The van der Waals surface area contributed by atoms with Crippen LogP contribution in [0.2, 0.25) is 0 Å². The predicted octanol–water partition coefficient (Wildman–Crippen LogP) is 0.598. The molecule has 0 atom stereocenters. The van der Waals surface area contributed by atoms with E-state index in [0.717, 1.165) is 19.6 Å². The number of rotatable bonds is 3. The van der Waals surface area contributed by atoms with Crippen LogP contribution in [0.3, 0.4) is 0 Å². The summed E-state index contributed by atoms with van der Waals surface area (Å²) in [5, 5.41) is 18.0. The summed E-state index contributed by atoms with van der Waals surface area (Å²) in [7, 11) is -1.37. The number of nitrogens with zero attached hydrogens (tertiary/aromatic N) is 1. The minimum Gasteiger partial charge on any atom is -0.423 e. The van der Waals surface area contributed by atoms with E-state index in [1.54, 1.807) is 12.1 Å². The molecule has 0 aromatic heterocycles. The van der Waals surface area contributed by atoms with Crippen LogP contribution in [0.4, 0.5) is 0 Å². The summed E-state index contributed by atoms with van der Waals surface area (Å²) in [6.07, 6.45) is 1.25. The Bertz CT molecular complexity index is 376. The summed E-state index contributed by atoms with van der Waals surface area (Å²) < 4.78 is 0. The molecule has 1 heterocycles. The van der Waals surface area contributed by atoms with E-state index in [-0.39, 0.29) is 0 Å². The van der Waals surface area contributed by atoms with Gasteiger partial charge in [0.15, 0.2) is 0 Å². The molecule has 1 aliphatic heterocycles. The van der Waals surface area contributed by atoms with Gasteiger partial charge in [0.2, 0.25) is 0 Å². The van der Waals surface area contributed by atoms with Gasteiger partial charge in [-0.3, -0.25) is 4.90 Å². The Morgan fingerprint density at radius 1 is 1.24 bits per heavy atom. The monoisotopic (exact) mass is 233 g/mol. The first-order valence-electron chi connectivity index (χ1n) is 6.14. The van der Waals surface area contributed by atoms with Crippen LogP contribution < -0.4 is 5.46 Å². The van der Waals surface area contributed by atoms with Gasteiger partial charge >= 0.3 is 7.12 Å². The highest BCUT2D eigenvalue weighted by Gasteiger charge is 2.28. The molecule has 0 spiro atoms. The highest BCUT2D eigenvalue weighted by atomic mass is 16.4. The van der Waals surface area contributed by atoms with Crippen LogP contribution in [-0.4, -0.2) is 35.2 Å². The van der Waals surface area contributed by atoms with Crippen molar-refractivity contribution in [1.29, 1.82) is 0 Å². The summed E-state index contributed by atoms with van der Waals surface area (Å²) in [5.41, 5.74) is 2.21. The zero-order valence-electron chi connectivity index (χ0n) is 10.6. The predicted molar refractivity (Wildman–Crippen MR) is 69.9 cm³/mol. The van der Waals surface area contributed by atoms with Gasteiger partial charge in [-0.2, -0.15) is 0 Å². The molecule has 17 heavy (non-hydrogen) atoms. The highest BCUT2D eigenvalue weighted by molar-refractivity contribution is 6.58. The second-order valence-electron chi connectivity index (χ2n) is 5.74. The Morgan fingerprint density at radius 2 is 1.88 bits per heavy atom. The average Bonchev–Trinajstić information content (AvgIpc) is 2.59. The molecule has 2 N–H and O–H groups in total. The Balaban J connectivity index is 1.96. The first-order valence-corrected chi connectivity index (χ1v) is 6.14.